The predicted molar refractivity (Wildman–Crippen MR) is 56.9 cm³/mol. The molecule has 3 heteroatoms. The summed E-state index contributed by atoms with van der Waals surface area (Å²) >= 11 is 0. The van der Waals surface area contributed by atoms with Crippen LogP contribution in [0.1, 0.15) is 10.4 Å². The van der Waals surface area contributed by atoms with Gasteiger partial charge in [0.2, 0.25) is 5.91 Å². The number of anilines is 1. The Morgan fingerprint density at radius 1 is 1.14 bits per heavy atom. The van der Waals surface area contributed by atoms with E-state index in [1.165, 1.54) is 0 Å². The van der Waals surface area contributed by atoms with E-state index in [4.69, 9.17) is 11.5 Å². The van der Waals surface area contributed by atoms with Crippen molar-refractivity contribution in [1.82, 2.24) is 0 Å². The van der Waals surface area contributed by atoms with Crippen molar-refractivity contribution in [3.05, 3.63) is 42.0 Å². The molecular formula is C11H10N2O. The van der Waals surface area contributed by atoms with Crippen LogP contribution in [0.2, 0.25) is 0 Å². The molecular weight excluding hydrogens is 176 g/mol. The van der Waals surface area contributed by atoms with Gasteiger partial charge in [0.1, 0.15) is 0 Å². The van der Waals surface area contributed by atoms with Crippen LogP contribution in [0.3, 0.4) is 0 Å². The Bertz CT molecular complexity index is 506. The summed E-state index contributed by atoms with van der Waals surface area (Å²) in [6.07, 6.45) is 0. The number of nitrogens with two attached hydrogens (primary N) is 2. The molecule has 14 heavy (non-hydrogen) atoms. The van der Waals surface area contributed by atoms with Gasteiger partial charge in [0.25, 0.3) is 0 Å². The topological polar surface area (TPSA) is 69.1 Å². The van der Waals surface area contributed by atoms with Crippen LogP contribution in [0.15, 0.2) is 36.4 Å². The molecule has 0 fully saturated rings. The molecule has 2 rings (SSSR count). The van der Waals surface area contributed by atoms with Gasteiger partial charge in [0.05, 0.1) is 0 Å². The second kappa shape index (κ2) is 3.03. The summed E-state index contributed by atoms with van der Waals surface area (Å²) in [4.78, 5) is 11.1. The van der Waals surface area contributed by atoms with Gasteiger partial charge < -0.3 is 11.5 Å². The summed E-state index contributed by atoms with van der Waals surface area (Å²) in [5.74, 6) is -0.450. The highest BCUT2D eigenvalue weighted by molar-refractivity contribution is 6.07. The lowest BCUT2D eigenvalue weighted by Gasteiger charge is -2.04. The molecule has 0 saturated heterocycles. The standard InChI is InChI=1S/C11H10N2O/c12-8-5-7-3-1-2-4-9(7)10(6-8)11(13)14/h1-6H,12H2,(H2,13,14). The highest BCUT2D eigenvalue weighted by atomic mass is 16.1. The third-order valence-corrected chi connectivity index (χ3v) is 2.15. The van der Waals surface area contributed by atoms with Gasteiger partial charge in [-0.25, -0.2) is 0 Å². The maximum absolute atomic E-state index is 11.1. The lowest BCUT2D eigenvalue weighted by Crippen LogP contribution is -2.11. The summed E-state index contributed by atoms with van der Waals surface area (Å²) in [7, 11) is 0. The van der Waals surface area contributed by atoms with E-state index in [1.54, 1.807) is 6.07 Å². The van der Waals surface area contributed by atoms with E-state index < -0.39 is 5.91 Å². The number of carbonyl (C=O) groups excluding carboxylic acids is 1. The van der Waals surface area contributed by atoms with Gasteiger partial charge in [-0.3, -0.25) is 4.79 Å². The molecule has 0 heterocycles. The van der Waals surface area contributed by atoms with Crippen LogP contribution in [-0.4, -0.2) is 5.91 Å². The molecule has 4 N–H and O–H groups in total. The molecule has 0 radical (unpaired) electrons. The SMILES string of the molecule is NC(=O)c1cc(N)cc2ccccc12. The van der Waals surface area contributed by atoms with Gasteiger partial charge in [-0.05, 0) is 22.9 Å². The summed E-state index contributed by atoms with van der Waals surface area (Å²) < 4.78 is 0. The molecule has 0 bridgehead atoms. The fraction of sp³-hybridized carbons (Fsp3) is 0. The van der Waals surface area contributed by atoms with Crippen LogP contribution >= 0.6 is 0 Å². The first-order valence-electron chi connectivity index (χ1n) is 4.26. The summed E-state index contributed by atoms with van der Waals surface area (Å²) in [5, 5.41) is 1.77. The van der Waals surface area contributed by atoms with Crippen LogP contribution in [-0.2, 0) is 0 Å². The fourth-order valence-corrected chi connectivity index (χ4v) is 1.54. The normalized spacial score (nSPS) is 10.3. The average molecular weight is 186 g/mol. The van der Waals surface area contributed by atoms with E-state index in [2.05, 4.69) is 0 Å². The first-order valence-corrected chi connectivity index (χ1v) is 4.26. The van der Waals surface area contributed by atoms with Crippen molar-refractivity contribution in [1.29, 1.82) is 0 Å². The van der Waals surface area contributed by atoms with Crippen molar-refractivity contribution in [3.63, 3.8) is 0 Å². The Morgan fingerprint density at radius 3 is 2.57 bits per heavy atom. The van der Waals surface area contributed by atoms with Crippen molar-refractivity contribution in [2.24, 2.45) is 5.73 Å². The smallest absolute Gasteiger partial charge is 0.249 e. The van der Waals surface area contributed by atoms with Crippen LogP contribution < -0.4 is 11.5 Å². The molecule has 0 aliphatic carbocycles. The molecule has 0 aliphatic rings. The number of fused-ring (bicyclic) bond motifs is 1. The molecule has 0 spiro atoms. The average Bonchev–Trinajstić information content (AvgIpc) is 2.16. The van der Waals surface area contributed by atoms with E-state index in [0.717, 1.165) is 10.8 Å². The Balaban J connectivity index is 2.87. The van der Waals surface area contributed by atoms with Crippen LogP contribution in [0.5, 0.6) is 0 Å². The minimum absolute atomic E-state index is 0.450. The number of amides is 1. The molecule has 0 unspecified atom stereocenters. The van der Waals surface area contributed by atoms with Gasteiger partial charge in [0, 0.05) is 11.3 Å². The molecule has 3 nitrogen and oxygen atoms in total. The molecule has 2 aromatic rings. The summed E-state index contributed by atoms with van der Waals surface area (Å²) in [6, 6.07) is 10.9. The number of primary amides is 1. The monoisotopic (exact) mass is 186 g/mol. The lowest BCUT2D eigenvalue weighted by atomic mass is 10.0. The van der Waals surface area contributed by atoms with Gasteiger partial charge in [0.15, 0.2) is 0 Å². The quantitative estimate of drug-likeness (QED) is 0.663. The Hall–Kier alpha value is -2.03. The van der Waals surface area contributed by atoms with Crippen LogP contribution in [0.25, 0.3) is 10.8 Å². The van der Waals surface area contributed by atoms with Crippen molar-refractivity contribution in [2.75, 3.05) is 5.73 Å². The zero-order chi connectivity index (χ0) is 10.1. The van der Waals surface area contributed by atoms with Crippen LogP contribution in [0.4, 0.5) is 5.69 Å². The zero-order valence-electron chi connectivity index (χ0n) is 7.53. The Labute approximate surface area is 81.3 Å². The van der Waals surface area contributed by atoms with Crippen molar-refractivity contribution < 1.29 is 4.79 Å². The van der Waals surface area contributed by atoms with Crippen molar-refractivity contribution in [3.8, 4) is 0 Å². The largest absolute Gasteiger partial charge is 0.399 e. The number of nitrogen functional groups attached to an aromatic ring is 1. The number of benzene rings is 2. The van der Waals surface area contributed by atoms with E-state index >= 15 is 0 Å². The van der Waals surface area contributed by atoms with E-state index in [1.807, 2.05) is 30.3 Å². The summed E-state index contributed by atoms with van der Waals surface area (Å²) in [6.45, 7) is 0. The highest BCUT2D eigenvalue weighted by Crippen LogP contribution is 2.21. The molecule has 1 amide bonds. The summed E-state index contributed by atoms with van der Waals surface area (Å²) in [5.41, 5.74) is 11.9. The maximum Gasteiger partial charge on any atom is 0.249 e. The first-order chi connectivity index (χ1) is 6.68. The molecule has 2 aromatic carbocycles. The molecule has 0 aromatic heterocycles. The number of rotatable bonds is 1. The minimum atomic E-state index is -0.450. The van der Waals surface area contributed by atoms with Gasteiger partial charge in [-0.15, -0.1) is 0 Å². The number of hydrogen-bond acceptors (Lipinski definition) is 2. The molecule has 0 aliphatic heterocycles. The van der Waals surface area contributed by atoms with E-state index in [9.17, 15) is 4.79 Å². The third-order valence-electron chi connectivity index (χ3n) is 2.15. The van der Waals surface area contributed by atoms with E-state index in [-0.39, 0.29) is 0 Å². The fourth-order valence-electron chi connectivity index (χ4n) is 1.54. The first kappa shape index (κ1) is 8.56. The van der Waals surface area contributed by atoms with Gasteiger partial charge >= 0.3 is 0 Å². The van der Waals surface area contributed by atoms with Gasteiger partial charge in [-0.2, -0.15) is 0 Å². The Kier molecular flexibility index (Phi) is 1.85. The van der Waals surface area contributed by atoms with E-state index in [0.29, 0.717) is 11.3 Å². The van der Waals surface area contributed by atoms with Crippen LogP contribution in [0, 0.1) is 0 Å². The van der Waals surface area contributed by atoms with Gasteiger partial charge in [-0.1, -0.05) is 24.3 Å². The van der Waals surface area contributed by atoms with Crippen molar-refractivity contribution >= 4 is 22.4 Å². The number of hydrogen-bond donors (Lipinski definition) is 2. The molecule has 0 atom stereocenters. The predicted octanol–water partition coefficient (Wildman–Crippen LogP) is 1.52. The lowest BCUT2D eigenvalue weighted by molar-refractivity contribution is 0.100. The highest BCUT2D eigenvalue weighted by Gasteiger charge is 2.06. The second-order valence-electron chi connectivity index (χ2n) is 3.15. The molecule has 70 valence electrons. The number of carbonyl (C=O) groups is 1. The Morgan fingerprint density at radius 2 is 1.86 bits per heavy atom. The molecule has 0 saturated carbocycles. The third kappa shape index (κ3) is 1.29. The van der Waals surface area contributed by atoms with Crippen molar-refractivity contribution in [2.45, 2.75) is 0 Å². The zero-order valence-corrected chi connectivity index (χ0v) is 7.53. The minimum Gasteiger partial charge on any atom is -0.399 e. The maximum atomic E-state index is 11.1. The second-order valence-corrected chi connectivity index (χ2v) is 3.15.